The summed E-state index contributed by atoms with van der Waals surface area (Å²) in [7, 11) is -0.749. The molecule has 0 spiro atoms. The molecule has 0 N–H and O–H groups in total. The number of methoxy groups -OCH3 is 1. The predicted octanol–water partition coefficient (Wildman–Crippen LogP) is 5.22. The van der Waals surface area contributed by atoms with Gasteiger partial charge >= 0.3 is 6.09 Å². The van der Waals surface area contributed by atoms with Gasteiger partial charge < -0.3 is 24.0 Å². The smallest absolute Gasteiger partial charge is 0.411 e. The minimum absolute atomic E-state index is 0. The van der Waals surface area contributed by atoms with Crippen molar-refractivity contribution in [2.24, 2.45) is 0 Å². The molecule has 4 heterocycles. The molecule has 3 aliphatic heterocycles. The van der Waals surface area contributed by atoms with E-state index in [1.165, 1.54) is 19.2 Å². The van der Waals surface area contributed by atoms with Gasteiger partial charge in [-0.2, -0.15) is 12.7 Å². The fourth-order valence-electron chi connectivity index (χ4n) is 6.54. The molecule has 3 aromatic rings. The van der Waals surface area contributed by atoms with Gasteiger partial charge in [0.05, 0.1) is 25.0 Å². The number of piperidine rings is 1. The maximum atomic E-state index is 14.9. The largest absolute Gasteiger partial charge is 0.497 e. The molecule has 262 valence electrons. The number of carbonyl (C=O) groups excluding carboxylic acids is 2. The van der Waals surface area contributed by atoms with E-state index in [0.717, 1.165) is 41.6 Å². The molecule has 1 aromatic heterocycles. The second kappa shape index (κ2) is 15.6. The number of para-hydroxylation sites is 1. The highest BCUT2D eigenvalue weighted by Gasteiger charge is 2.61. The maximum absolute atomic E-state index is 14.9. The number of thiophene rings is 1. The van der Waals surface area contributed by atoms with Crippen LogP contribution in [0.5, 0.6) is 11.5 Å². The average molecular weight is 742 g/mol. The highest BCUT2D eigenvalue weighted by molar-refractivity contribution is 7.95. The van der Waals surface area contributed by atoms with Crippen molar-refractivity contribution in [2.45, 2.75) is 42.0 Å². The lowest BCUT2D eigenvalue weighted by Gasteiger charge is -2.42. The quantitative estimate of drug-likeness (QED) is 0.292. The molecule has 2 saturated heterocycles. The number of ether oxygens (including phenoxy) is 3. The normalized spacial score (nSPS) is 20.4. The highest BCUT2D eigenvalue weighted by Crippen LogP contribution is 2.52. The molecule has 2 fully saturated rings. The van der Waals surface area contributed by atoms with Gasteiger partial charge in [-0.25, -0.2) is 4.79 Å². The molecule has 11 nitrogen and oxygen atoms in total. The summed E-state index contributed by atoms with van der Waals surface area (Å²) in [6.07, 6.45) is 2.16. The number of fused-ring (bicyclic) bond motifs is 1. The lowest BCUT2D eigenvalue weighted by atomic mass is 9.86. The van der Waals surface area contributed by atoms with E-state index in [2.05, 4.69) is 16.8 Å². The Morgan fingerprint density at radius 1 is 0.958 bits per heavy atom. The molecule has 2 aromatic carbocycles. The number of halogens is 2. The molecule has 3 aliphatic rings. The second-order valence-electron chi connectivity index (χ2n) is 11.8. The molecular weight excluding hydrogens is 699 g/mol. The molecule has 1 atom stereocenters. The van der Waals surface area contributed by atoms with E-state index in [1.54, 1.807) is 52.7 Å². The van der Waals surface area contributed by atoms with Gasteiger partial charge in [0.2, 0.25) is 5.60 Å². The van der Waals surface area contributed by atoms with Crippen LogP contribution in [0.15, 0.2) is 64.2 Å². The van der Waals surface area contributed by atoms with E-state index in [-0.39, 0.29) is 45.8 Å². The number of rotatable bonds is 9. The molecule has 6 rings (SSSR count). The van der Waals surface area contributed by atoms with Crippen molar-refractivity contribution in [3.63, 3.8) is 0 Å². The van der Waals surface area contributed by atoms with Crippen LogP contribution in [0.4, 0.5) is 10.5 Å². The number of likely N-dealkylation sites (tertiary alicyclic amines) is 1. The monoisotopic (exact) mass is 740 g/mol. The number of carbonyl (C=O) groups is 2. The minimum atomic E-state index is -4.37. The summed E-state index contributed by atoms with van der Waals surface area (Å²) in [5.74, 6) is -0.224. The first-order valence-corrected chi connectivity index (χ1v) is 18.0. The Labute approximate surface area is 298 Å². The third kappa shape index (κ3) is 6.86. The minimum Gasteiger partial charge on any atom is -0.497 e. The molecule has 0 radical (unpaired) electrons. The van der Waals surface area contributed by atoms with E-state index >= 15 is 0 Å². The summed E-state index contributed by atoms with van der Waals surface area (Å²) in [5.41, 5.74) is -1.65. The fourth-order valence-corrected chi connectivity index (χ4v) is 9.06. The maximum Gasteiger partial charge on any atom is 0.411 e. The van der Waals surface area contributed by atoms with Crippen LogP contribution in [0.25, 0.3) is 0 Å². The van der Waals surface area contributed by atoms with Crippen molar-refractivity contribution in [3.8, 4) is 11.5 Å². The fraction of sp³-hybridized carbons (Fsp3) is 0.455. The Morgan fingerprint density at radius 2 is 1.67 bits per heavy atom. The van der Waals surface area contributed by atoms with Crippen LogP contribution >= 0.6 is 36.2 Å². The number of hydrogen-bond acceptors (Lipinski definition) is 10. The van der Waals surface area contributed by atoms with Gasteiger partial charge in [-0.3, -0.25) is 9.69 Å². The van der Waals surface area contributed by atoms with E-state index in [4.69, 9.17) is 14.2 Å². The molecule has 15 heteroatoms. The SMILES string of the molecule is CCCOc1ccccc1C1(OC(=O)N2CCN(C3CCN(C)CC3)CC2)C(=O)N(S(=O)(=O)c2cccs2)c2ccc(OC)cc21.Cl.Cl. The molecule has 0 bridgehead atoms. The molecule has 0 saturated carbocycles. The number of sulfonamides is 1. The van der Waals surface area contributed by atoms with Crippen molar-refractivity contribution in [2.75, 3.05) is 64.3 Å². The third-order valence-electron chi connectivity index (χ3n) is 9.02. The first kappa shape index (κ1) is 37.7. The van der Waals surface area contributed by atoms with Crippen LogP contribution in [-0.4, -0.2) is 101 Å². The van der Waals surface area contributed by atoms with Crippen molar-refractivity contribution in [1.82, 2.24) is 14.7 Å². The van der Waals surface area contributed by atoms with Crippen molar-refractivity contribution < 1.29 is 32.2 Å². The molecule has 0 aliphatic carbocycles. The molecule has 2 amide bonds. The van der Waals surface area contributed by atoms with Crippen molar-refractivity contribution in [3.05, 3.63) is 71.1 Å². The zero-order chi connectivity index (χ0) is 32.5. The van der Waals surface area contributed by atoms with E-state index in [1.807, 2.05) is 6.92 Å². The first-order valence-electron chi connectivity index (χ1n) is 15.6. The number of anilines is 1. The van der Waals surface area contributed by atoms with Gasteiger partial charge in [0.1, 0.15) is 15.7 Å². The van der Waals surface area contributed by atoms with E-state index in [0.29, 0.717) is 56.7 Å². The standard InChI is InChI=1S/C33H40N4O7S2.2ClH/c1-4-21-43-29-9-6-5-8-26(29)33(44-32(39)36-19-17-35(18-20-36)24-13-15-34(2)16-14-24)27-23-25(42-3)11-12-28(27)37(31(33)38)46(40,41)30-10-7-22-45-30;;/h5-12,22-24H,4,13-21H2,1-3H3;2*1H. The average Bonchev–Trinajstić information content (AvgIpc) is 3.71. The van der Waals surface area contributed by atoms with Crippen LogP contribution in [0.3, 0.4) is 0 Å². The van der Waals surface area contributed by atoms with Crippen molar-refractivity contribution >= 4 is 63.9 Å². The number of nitrogens with zero attached hydrogens (tertiary/aromatic N) is 4. The summed E-state index contributed by atoms with van der Waals surface area (Å²) in [6.45, 7) is 6.61. The Balaban J connectivity index is 0.00000260. The van der Waals surface area contributed by atoms with E-state index in [9.17, 15) is 18.0 Å². The summed E-state index contributed by atoms with van der Waals surface area (Å²) in [5, 5.41) is 1.63. The van der Waals surface area contributed by atoms with E-state index < -0.39 is 27.6 Å². The molecular formula is C33H42Cl2N4O7S2. The van der Waals surface area contributed by atoms with Gasteiger partial charge in [0.25, 0.3) is 15.9 Å². The lowest BCUT2D eigenvalue weighted by molar-refractivity contribution is -0.132. The zero-order valence-corrected chi connectivity index (χ0v) is 30.5. The number of piperazine rings is 1. The van der Waals surface area contributed by atoms with Gasteiger partial charge in [-0.05, 0) is 75.1 Å². The van der Waals surface area contributed by atoms with Gasteiger partial charge in [0.15, 0.2) is 0 Å². The molecule has 1 unspecified atom stereocenters. The van der Waals surface area contributed by atoms with Crippen LogP contribution in [0.2, 0.25) is 0 Å². The Kier molecular flexibility index (Phi) is 12.3. The number of amides is 2. The predicted molar refractivity (Wildman–Crippen MR) is 190 cm³/mol. The summed E-state index contributed by atoms with van der Waals surface area (Å²) in [6, 6.07) is 15.0. The third-order valence-corrected chi connectivity index (χ3v) is 12.1. The van der Waals surface area contributed by atoms with Crippen LogP contribution in [0, 0.1) is 0 Å². The Hall–Kier alpha value is -3.07. The van der Waals surface area contributed by atoms with Crippen LogP contribution in [0.1, 0.15) is 37.3 Å². The summed E-state index contributed by atoms with van der Waals surface area (Å²) >= 11 is 1.01. The van der Waals surface area contributed by atoms with Gasteiger partial charge in [-0.15, -0.1) is 36.2 Å². The topological polar surface area (TPSA) is 109 Å². The second-order valence-corrected chi connectivity index (χ2v) is 14.8. The summed E-state index contributed by atoms with van der Waals surface area (Å²) in [4.78, 5) is 35.4. The van der Waals surface area contributed by atoms with Gasteiger partial charge in [-0.1, -0.05) is 31.2 Å². The Bertz CT molecular complexity index is 1680. The molecule has 48 heavy (non-hydrogen) atoms. The van der Waals surface area contributed by atoms with Gasteiger partial charge in [0, 0.05) is 37.8 Å². The summed E-state index contributed by atoms with van der Waals surface area (Å²) < 4.78 is 46.9. The van der Waals surface area contributed by atoms with Crippen LogP contribution in [-0.2, 0) is 25.2 Å². The zero-order valence-electron chi connectivity index (χ0n) is 27.2. The number of benzene rings is 2. The first-order chi connectivity index (χ1) is 22.2. The van der Waals surface area contributed by atoms with Crippen LogP contribution < -0.4 is 13.8 Å². The number of hydrogen-bond donors (Lipinski definition) is 0. The van der Waals surface area contributed by atoms with Crippen molar-refractivity contribution in [1.29, 1.82) is 0 Å². The Morgan fingerprint density at radius 3 is 2.31 bits per heavy atom. The lowest BCUT2D eigenvalue weighted by Crippen LogP contribution is -2.55. The highest BCUT2D eigenvalue weighted by atomic mass is 35.5.